The molecule has 1 aliphatic heterocycles. The molecular weight excluding hydrogens is 344 g/mol. The summed E-state index contributed by atoms with van der Waals surface area (Å²) in [6.45, 7) is 4.03. The molecule has 1 fully saturated rings. The van der Waals surface area contributed by atoms with Crippen LogP contribution in [0.2, 0.25) is 0 Å². The van der Waals surface area contributed by atoms with Crippen LogP contribution < -0.4 is 5.73 Å². The van der Waals surface area contributed by atoms with Gasteiger partial charge in [-0.2, -0.15) is 4.31 Å². The molecule has 0 radical (unpaired) electrons. The summed E-state index contributed by atoms with van der Waals surface area (Å²) in [7, 11) is -3.61. The molecule has 0 aliphatic carbocycles. The van der Waals surface area contributed by atoms with Gasteiger partial charge in [0.05, 0.1) is 10.3 Å². The predicted molar refractivity (Wildman–Crippen MR) is 79.6 cm³/mol. The Morgan fingerprint density at radius 3 is 2.60 bits per heavy atom. The van der Waals surface area contributed by atoms with E-state index in [2.05, 4.69) is 15.9 Å². The van der Waals surface area contributed by atoms with E-state index in [-0.39, 0.29) is 11.4 Å². The van der Waals surface area contributed by atoms with Crippen LogP contribution in [0.5, 0.6) is 0 Å². The molecule has 0 spiro atoms. The number of primary amides is 1. The molecule has 1 saturated heterocycles. The molecule has 1 unspecified atom stereocenters. The average molecular weight is 361 g/mol. The Bertz CT molecular complexity index is 660. The first-order chi connectivity index (χ1) is 9.17. The number of benzene rings is 1. The maximum atomic E-state index is 12.6. The molecule has 2 N–H and O–H groups in total. The van der Waals surface area contributed by atoms with Crippen molar-refractivity contribution in [3.8, 4) is 0 Å². The second kappa shape index (κ2) is 5.13. The largest absolute Gasteiger partial charge is 0.369 e. The van der Waals surface area contributed by atoms with Crippen molar-refractivity contribution in [2.45, 2.75) is 25.2 Å². The normalized spacial score (nSPS) is 23.9. The van der Waals surface area contributed by atoms with Gasteiger partial charge in [-0.3, -0.25) is 4.79 Å². The third-order valence-corrected chi connectivity index (χ3v) is 6.56. The highest BCUT2D eigenvalue weighted by molar-refractivity contribution is 9.10. The van der Waals surface area contributed by atoms with E-state index in [1.807, 2.05) is 6.92 Å². The highest BCUT2D eigenvalue weighted by Crippen LogP contribution is 2.35. The summed E-state index contributed by atoms with van der Waals surface area (Å²) in [5, 5.41) is 0. The van der Waals surface area contributed by atoms with Crippen molar-refractivity contribution >= 4 is 31.9 Å². The van der Waals surface area contributed by atoms with Crippen molar-refractivity contribution in [2.24, 2.45) is 11.1 Å². The van der Waals surface area contributed by atoms with E-state index in [1.165, 1.54) is 4.31 Å². The molecule has 5 nitrogen and oxygen atoms in total. The molecule has 1 atom stereocenters. The summed E-state index contributed by atoms with van der Waals surface area (Å²) in [6, 6.07) is 5.09. The molecule has 1 aromatic carbocycles. The molecule has 7 heteroatoms. The predicted octanol–water partition coefficient (Wildman–Crippen LogP) is 1.64. The van der Waals surface area contributed by atoms with Gasteiger partial charge in [0.15, 0.2) is 0 Å². The van der Waals surface area contributed by atoms with E-state index in [4.69, 9.17) is 5.73 Å². The number of hydrogen-bond donors (Lipinski definition) is 1. The first kappa shape index (κ1) is 15.5. The second-order valence-corrected chi connectivity index (χ2v) is 8.21. The quantitative estimate of drug-likeness (QED) is 0.889. The van der Waals surface area contributed by atoms with E-state index in [9.17, 15) is 13.2 Å². The lowest BCUT2D eigenvalue weighted by Crippen LogP contribution is -2.38. The highest BCUT2D eigenvalue weighted by Gasteiger charge is 2.43. The Kier molecular flexibility index (Phi) is 3.96. The molecule has 1 aromatic rings. The average Bonchev–Trinajstić information content (AvgIpc) is 2.73. The van der Waals surface area contributed by atoms with E-state index in [0.717, 1.165) is 5.56 Å². The van der Waals surface area contributed by atoms with Gasteiger partial charge in [-0.15, -0.1) is 0 Å². The molecular formula is C13H17BrN2O3S. The molecule has 1 aliphatic rings. The highest BCUT2D eigenvalue weighted by atomic mass is 79.9. The molecule has 1 amide bonds. The molecule has 2 rings (SSSR count). The molecule has 0 saturated carbocycles. The van der Waals surface area contributed by atoms with Gasteiger partial charge in [0, 0.05) is 17.6 Å². The van der Waals surface area contributed by atoms with Crippen molar-refractivity contribution in [3.63, 3.8) is 0 Å². The number of carbonyl (C=O) groups excluding carboxylic acids is 1. The zero-order valence-corrected chi connectivity index (χ0v) is 13.8. The standard InChI is InChI=1S/C13H17BrN2O3S/c1-9-3-4-11(10(14)7-9)20(18,19)16-6-5-13(2,8-16)12(15)17/h3-4,7H,5-6,8H2,1-2H3,(H2,15,17). The first-order valence-corrected chi connectivity index (χ1v) is 8.46. The van der Waals surface area contributed by atoms with Crippen molar-refractivity contribution < 1.29 is 13.2 Å². The molecule has 110 valence electrons. The Hall–Kier alpha value is -0.920. The SMILES string of the molecule is Cc1ccc(S(=O)(=O)N2CCC(C)(C(N)=O)C2)c(Br)c1. The molecule has 0 aromatic heterocycles. The van der Waals surface area contributed by atoms with Gasteiger partial charge < -0.3 is 5.73 Å². The summed E-state index contributed by atoms with van der Waals surface area (Å²) in [4.78, 5) is 11.7. The smallest absolute Gasteiger partial charge is 0.244 e. The van der Waals surface area contributed by atoms with E-state index >= 15 is 0 Å². The lowest BCUT2D eigenvalue weighted by atomic mass is 9.89. The number of rotatable bonds is 3. The summed E-state index contributed by atoms with van der Waals surface area (Å²) in [6.07, 6.45) is 0.449. The lowest BCUT2D eigenvalue weighted by molar-refractivity contribution is -0.126. The minimum atomic E-state index is -3.61. The van der Waals surface area contributed by atoms with Crippen molar-refractivity contribution in [2.75, 3.05) is 13.1 Å². The van der Waals surface area contributed by atoms with Crippen LogP contribution >= 0.6 is 15.9 Å². The Balaban J connectivity index is 2.35. The van der Waals surface area contributed by atoms with E-state index in [0.29, 0.717) is 17.4 Å². The summed E-state index contributed by atoms with van der Waals surface area (Å²) < 4.78 is 27.1. The Labute approximate surface area is 127 Å². The topological polar surface area (TPSA) is 80.5 Å². The minimum Gasteiger partial charge on any atom is -0.369 e. The number of carbonyl (C=O) groups is 1. The van der Waals surface area contributed by atoms with Crippen LogP contribution in [0.25, 0.3) is 0 Å². The number of nitrogens with zero attached hydrogens (tertiary/aromatic N) is 1. The zero-order valence-electron chi connectivity index (χ0n) is 11.4. The fraction of sp³-hybridized carbons (Fsp3) is 0.462. The lowest BCUT2D eigenvalue weighted by Gasteiger charge is -2.21. The van der Waals surface area contributed by atoms with Crippen LogP contribution in [0.3, 0.4) is 0 Å². The third-order valence-electron chi connectivity index (χ3n) is 3.74. The van der Waals surface area contributed by atoms with Crippen LogP contribution in [0.1, 0.15) is 18.9 Å². The van der Waals surface area contributed by atoms with Gasteiger partial charge in [-0.1, -0.05) is 6.07 Å². The van der Waals surface area contributed by atoms with Crippen LogP contribution in [0, 0.1) is 12.3 Å². The van der Waals surface area contributed by atoms with E-state index < -0.39 is 21.3 Å². The van der Waals surface area contributed by atoms with Gasteiger partial charge in [0.25, 0.3) is 0 Å². The maximum Gasteiger partial charge on any atom is 0.244 e. The number of sulfonamides is 1. The van der Waals surface area contributed by atoms with Gasteiger partial charge in [0.2, 0.25) is 15.9 Å². The number of hydrogen-bond acceptors (Lipinski definition) is 3. The van der Waals surface area contributed by atoms with Gasteiger partial charge in [-0.25, -0.2) is 8.42 Å². The van der Waals surface area contributed by atoms with Crippen LogP contribution in [0.15, 0.2) is 27.6 Å². The van der Waals surface area contributed by atoms with Crippen LogP contribution in [-0.4, -0.2) is 31.7 Å². The van der Waals surface area contributed by atoms with Crippen LogP contribution in [-0.2, 0) is 14.8 Å². The maximum absolute atomic E-state index is 12.6. The Morgan fingerprint density at radius 2 is 2.10 bits per heavy atom. The number of amides is 1. The van der Waals surface area contributed by atoms with Gasteiger partial charge >= 0.3 is 0 Å². The molecule has 0 bridgehead atoms. The summed E-state index contributed by atoms with van der Waals surface area (Å²) in [5.41, 5.74) is 5.54. The van der Waals surface area contributed by atoms with Crippen molar-refractivity contribution in [3.05, 3.63) is 28.2 Å². The van der Waals surface area contributed by atoms with Crippen LogP contribution in [0.4, 0.5) is 0 Å². The monoisotopic (exact) mass is 360 g/mol. The molecule has 1 heterocycles. The summed E-state index contributed by atoms with van der Waals surface area (Å²) >= 11 is 3.29. The summed E-state index contributed by atoms with van der Waals surface area (Å²) in [5.74, 6) is -0.460. The number of aryl methyl sites for hydroxylation is 1. The van der Waals surface area contributed by atoms with Gasteiger partial charge in [-0.05, 0) is 53.9 Å². The first-order valence-electron chi connectivity index (χ1n) is 6.23. The van der Waals surface area contributed by atoms with Gasteiger partial charge in [0.1, 0.15) is 0 Å². The van der Waals surface area contributed by atoms with Crippen molar-refractivity contribution in [1.82, 2.24) is 4.31 Å². The van der Waals surface area contributed by atoms with Crippen molar-refractivity contribution in [1.29, 1.82) is 0 Å². The number of nitrogens with two attached hydrogens (primary N) is 1. The fourth-order valence-electron chi connectivity index (χ4n) is 2.28. The number of halogens is 1. The zero-order chi connectivity index (χ0) is 15.1. The fourth-order valence-corrected chi connectivity index (χ4v) is 5.00. The Morgan fingerprint density at radius 1 is 1.45 bits per heavy atom. The second-order valence-electron chi connectivity index (χ2n) is 5.45. The minimum absolute atomic E-state index is 0.130. The third kappa shape index (κ3) is 2.62. The van der Waals surface area contributed by atoms with E-state index in [1.54, 1.807) is 25.1 Å². The molecule has 20 heavy (non-hydrogen) atoms.